The Balaban J connectivity index is 2.15. The van der Waals surface area contributed by atoms with Crippen molar-refractivity contribution >= 4 is 26.7 Å². The maximum absolute atomic E-state index is 11.7. The van der Waals surface area contributed by atoms with Crippen LogP contribution < -0.4 is 11.4 Å². The Bertz CT molecular complexity index is 700. The van der Waals surface area contributed by atoms with E-state index in [0.29, 0.717) is 6.42 Å². The quantitative estimate of drug-likeness (QED) is 0.586. The van der Waals surface area contributed by atoms with Crippen molar-refractivity contribution in [2.75, 3.05) is 18.9 Å². The van der Waals surface area contributed by atoms with Crippen LogP contribution in [0.2, 0.25) is 0 Å². The molecule has 0 aliphatic heterocycles. The summed E-state index contributed by atoms with van der Waals surface area (Å²) in [6, 6.07) is 1.51. The number of nitrogen functional groups attached to an aromatic ring is 1. The number of esters is 1. The van der Waals surface area contributed by atoms with Crippen molar-refractivity contribution < 1.29 is 18.6 Å². The summed E-state index contributed by atoms with van der Waals surface area (Å²) in [5.74, 6) is -0.399. The molecule has 9 heteroatoms. The van der Waals surface area contributed by atoms with Gasteiger partial charge in [-0.1, -0.05) is 13.8 Å². The maximum atomic E-state index is 11.7. The van der Waals surface area contributed by atoms with Gasteiger partial charge in [0, 0.05) is 12.4 Å². The molecule has 2 atom stereocenters. The molecule has 0 amide bonds. The molecule has 1 aliphatic rings. The standard InChI is InChI=1S/C14H18N3O5P/c1-9(2)12(18)21-7-14(8-22-23-20)5-10(14)6-17-4-3-11(15)16-13(17)19/h3-4,6,9,23H,5,7-8H2,1-2H3,(H-,15,16,19)/p+1/b10-6-. The van der Waals surface area contributed by atoms with E-state index in [1.54, 1.807) is 20.0 Å². The number of hydrogen-bond donors (Lipinski definition) is 1. The van der Waals surface area contributed by atoms with Crippen molar-refractivity contribution in [1.82, 2.24) is 9.55 Å². The molecule has 1 heterocycles. The van der Waals surface area contributed by atoms with E-state index < -0.39 is 19.8 Å². The van der Waals surface area contributed by atoms with Crippen LogP contribution in [0.15, 0.2) is 22.6 Å². The second kappa shape index (κ2) is 7.02. The van der Waals surface area contributed by atoms with Crippen LogP contribution in [-0.4, -0.2) is 28.7 Å². The largest absolute Gasteiger partial charge is 0.494 e. The third kappa shape index (κ3) is 4.24. The summed E-state index contributed by atoms with van der Waals surface area (Å²) in [7, 11) is -0.896. The molecule has 0 radical (unpaired) electrons. The Hall–Kier alpha value is -2.05. The summed E-state index contributed by atoms with van der Waals surface area (Å²) >= 11 is 0. The van der Waals surface area contributed by atoms with Crippen LogP contribution in [0.5, 0.6) is 0 Å². The molecular weight excluding hydrogens is 321 g/mol. The molecule has 1 fully saturated rings. The average molecular weight is 340 g/mol. The van der Waals surface area contributed by atoms with E-state index in [9.17, 15) is 14.2 Å². The SMILES string of the molecule is CC(C)C(=O)OCC1(CO[PH+]=O)C/C1=C/n1ccc(N)nc1=O. The van der Waals surface area contributed by atoms with Crippen molar-refractivity contribution in [1.29, 1.82) is 0 Å². The first-order valence-electron chi connectivity index (χ1n) is 7.09. The first kappa shape index (κ1) is 17.3. The molecule has 1 saturated carbocycles. The molecule has 0 bridgehead atoms. The number of anilines is 1. The van der Waals surface area contributed by atoms with Gasteiger partial charge in [-0.3, -0.25) is 9.36 Å². The second-order valence-corrected chi connectivity index (χ2v) is 6.24. The predicted octanol–water partition coefficient (Wildman–Crippen LogP) is 1.21. The summed E-state index contributed by atoms with van der Waals surface area (Å²) in [4.78, 5) is 27.0. The van der Waals surface area contributed by atoms with Crippen molar-refractivity contribution in [2.45, 2.75) is 20.3 Å². The van der Waals surface area contributed by atoms with Gasteiger partial charge in [0.1, 0.15) is 19.0 Å². The van der Waals surface area contributed by atoms with E-state index in [0.717, 1.165) is 5.57 Å². The predicted molar refractivity (Wildman–Crippen MR) is 85.0 cm³/mol. The van der Waals surface area contributed by atoms with E-state index in [-0.39, 0.29) is 30.9 Å². The third-order valence-electron chi connectivity index (χ3n) is 3.60. The minimum Gasteiger partial charge on any atom is -0.464 e. The molecule has 0 aromatic carbocycles. The lowest BCUT2D eigenvalue weighted by molar-refractivity contribution is -0.149. The molecule has 2 rings (SSSR count). The fourth-order valence-corrected chi connectivity index (χ4v) is 2.40. The van der Waals surface area contributed by atoms with Gasteiger partial charge in [-0.15, -0.1) is 4.52 Å². The average Bonchev–Trinajstić information content (AvgIpc) is 3.18. The molecule has 0 saturated heterocycles. The van der Waals surface area contributed by atoms with Gasteiger partial charge < -0.3 is 10.5 Å². The molecule has 1 aromatic heterocycles. The van der Waals surface area contributed by atoms with Gasteiger partial charge in [-0.05, 0) is 22.6 Å². The number of carbonyl (C=O) groups excluding carboxylic acids is 1. The normalized spacial score (nSPS) is 21.8. The Kier molecular flexibility index (Phi) is 5.28. The molecule has 8 nitrogen and oxygen atoms in total. The fraction of sp³-hybridized carbons (Fsp3) is 0.500. The molecule has 1 aliphatic carbocycles. The molecule has 23 heavy (non-hydrogen) atoms. The zero-order valence-corrected chi connectivity index (χ0v) is 13.9. The van der Waals surface area contributed by atoms with E-state index in [4.69, 9.17) is 15.0 Å². The van der Waals surface area contributed by atoms with Crippen LogP contribution >= 0.6 is 8.69 Å². The minimum absolute atomic E-state index is 0.122. The topological polar surface area (TPSA) is 114 Å². The Morgan fingerprint density at radius 3 is 2.91 bits per heavy atom. The van der Waals surface area contributed by atoms with Gasteiger partial charge in [0.25, 0.3) is 0 Å². The Morgan fingerprint density at radius 1 is 1.57 bits per heavy atom. The number of hydrogen-bond acceptors (Lipinski definition) is 7. The summed E-state index contributed by atoms with van der Waals surface area (Å²) in [5, 5.41) is 0. The molecule has 0 spiro atoms. The Morgan fingerprint density at radius 2 is 2.30 bits per heavy atom. The van der Waals surface area contributed by atoms with E-state index >= 15 is 0 Å². The van der Waals surface area contributed by atoms with Gasteiger partial charge >= 0.3 is 20.3 Å². The van der Waals surface area contributed by atoms with Crippen molar-refractivity contribution in [3.8, 4) is 0 Å². The monoisotopic (exact) mass is 340 g/mol. The number of nitrogens with zero attached hydrogens (tertiary/aromatic N) is 2. The van der Waals surface area contributed by atoms with Crippen molar-refractivity contribution in [3.05, 3.63) is 28.3 Å². The van der Waals surface area contributed by atoms with Crippen LogP contribution in [0.25, 0.3) is 6.20 Å². The van der Waals surface area contributed by atoms with Crippen LogP contribution in [-0.2, 0) is 18.6 Å². The number of carbonyl (C=O) groups is 1. The lowest BCUT2D eigenvalue weighted by atomic mass is 10.1. The third-order valence-corrected chi connectivity index (χ3v) is 3.86. The van der Waals surface area contributed by atoms with Crippen LogP contribution in [0.3, 0.4) is 0 Å². The number of rotatable bonds is 7. The fourth-order valence-electron chi connectivity index (χ4n) is 2.07. The summed E-state index contributed by atoms with van der Waals surface area (Å²) in [5.41, 5.74) is 5.27. The zero-order chi connectivity index (χ0) is 17.0. The maximum Gasteiger partial charge on any atom is 0.494 e. The van der Waals surface area contributed by atoms with Crippen LogP contribution in [0.4, 0.5) is 5.82 Å². The van der Waals surface area contributed by atoms with Gasteiger partial charge in [-0.2, -0.15) is 4.98 Å². The summed E-state index contributed by atoms with van der Waals surface area (Å²) in [6.45, 7) is 3.77. The lowest BCUT2D eigenvalue weighted by Gasteiger charge is -2.13. The first-order chi connectivity index (χ1) is 10.9. The van der Waals surface area contributed by atoms with Crippen LogP contribution in [0.1, 0.15) is 20.3 Å². The highest BCUT2D eigenvalue weighted by Gasteiger charge is 2.51. The van der Waals surface area contributed by atoms with E-state index in [1.165, 1.54) is 16.8 Å². The first-order valence-corrected chi connectivity index (χ1v) is 7.91. The number of nitrogens with two attached hydrogens (primary N) is 1. The molecule has 124 valence electrons. The molecule has 2 unspecified atom stereocenters. The van der Waals surface area contributed by atoms with Gasteiger partial charge in [0.05, 0.1) is 11.3 Å². The molecule has 1 aromatic rings. The highest BCUT2D eigenvalue weighted by atomic mass is 31.1. The minimum atomic E-state index is -0.896. The highest BCUT2D eigenvalue weighted by Crippen LogP contribution is 2.53. The lowest BCUT2D eigenvalue weighted by Crippen LogP contribution is -2.22. The van der Waals surface area contributed by atoms with Crippen molar-refractivity contribution in [3.63, 3.8) is 0 Å². The van der Waals surface area contributed by atoms with Gasteiger partial charge in [0.2, 0.25) is 0 Å². The van der Waals surface area contributed by atoms with E-state index in [2.05, 4.69) is 4.98 Å². The number of aromatic nitrogens is 2. The highest BCUT2D eigenvalue weighted by molar-refractivity contribution is 7.17. The zero-order valence-electron chi connectivity index (χ0n) is 12.9. The van der Waals surface area contributed by atoms with Gasteiger partial charge in [-0.25, -0.2) is 4.79 Å². The van der Waals surface area contributed by atoms with Crippen molar-refractivity contribution in [2.24, 2.45) is 11.3 Å². The molecule has 2 N–H and O–H groups in total. The Labute approximate surface area is 134 Å². The summed E-state index contributed by atoms with van der Waals surface area (Å²) in [6.07, 6.45) is 3.71. The van der Waals surface area contributed by atoms with Crippen LogP contribution in [0, 0.1) is 11.3 Å². The smallest absolute Gasteiger partial charge is 0.464 e. The molecular formula is C14H19N3O5P+. The van der Waals surface area contributed by atoms with Gasteiger partial charge in [0.15, 0.2) is 0 Å². The second-order valence-electron chi connectivity index (χ2n) is 5.79. The summed E-state index contributed by atoms with van der Waals surface area (Å²) < 4.78 is 22.2. The number of ether oxygens (including phenoxy) is 1. The van der Waals surface area contributed by atoms with E-state index in [1.807, 2.05) is 0 Å².